The summed E-state index contributed by atoms with van der Waals surface area (Å²) in [5.74, 6) is 0.471. The lowest BCUT2D eigenvalue weighted by Crippen LogP contribution is -2.11. The summed E-state index contributed by atoms with van der Waals surface area (Å²) in [6, 6.07) is 10.9. The number of rotatable bonds is 3. The molecule has 0 bridgehead atoms. The summed E-state index contributed by atoms with van der Waals surface area (Å²) in [4.78, 5) is 13.0. The number of halogens is 2. The minimum absolute atomic E-state index is 0.236. The highest BCUT2D eigenvalue weighted by molar-refractivity contribution is 7.21. The van der Waals surface area contributed by atoms with Gasteiger partial charge >= 0.3 is 0 Å². The second-order valence-corrected chi connectivity index (χ2v) is 6.89. The van der Waals surface area contributed by atoms with Gasteiger partial charge in [0.1, 0.15) is 10.6 Å². The number of thiophene rings is 1. The van der Waals surface area contributed by atoms with Crippen LogP contribution >= 0.6 is 34.5 Å². The van der Waals surface area contributed by atoms with Gasteiger partial charge in [-0.25, -0.2) is 0 Å². The Morgan fingerprint density at radius 3 is 2.65 bits per heavy atom. The van der Waals surface area contributed by atoms with Crippen LogP contribution in [0, 0.1) is 6.92 Å². The van der Waals surface area contributed by atoms with Gasteiger partial charge in [-0.15, -0.1) is 11.3 Å². The van der Waals surface area contributed by atoms with E-state index < -0.39 is 0 Å². The normalized spacial score (nSPS) is 10.8. The van der Waals surface area contributed by atoms with Crippen LogP contribution in [-0.4, -0.2) is 13.0 Å². The van der Waals surface area contributed by atoms with Crippen molar-refractivity contribution in [3.8, 4) is 5.75 Å². The molecule has 1 N–H and O–H groups in total. The van der Waals surface area contributed by atoms with Crippen LogP contribution in [0.5, 0.6) is 5.75 Å². The predicted molar refractivity (Wildman–Crippen MR) is 97.5 cm³/mol. The highest BCUT2D eigenvalue weighted by atomic mass is 35.5. The van der Waals surface area contributed by atoms with E-state index in [2.05, 4.69) is 5.32 Å². The average Bonchev–Trinajstić information content (AvgIpc) is 2.86. The van der Waals surface area contributed by atoms with Crippen LogP contribution in [0.2, 0.25) is 10.0 Å². The molecule has 0 saturated heterocycles. The number of ether oxygens (including phenoxy) is 1. The Hall–Kier alpha value is -1.75. The van der Waals surface area contributed by atoms with Gasteiger partial charge in [-0.05, 0) is 48.9 Å². The van der Waals surface area contributed by atoms with Crippen molar-refractivity contribution in [2.45, 2.75) is 6.92 Å². The molecule has 6 heteroatoms. The van der Waals surface area contributed by atoms with E-state index in [9.17, 15) is 4.79 Å². The van der Waals surface area contributed by atoms with Gasteiger partial charge in [0.15, 0.2) is 0 Å². The summed E-state index contributed by atoms with van der Waals surface area (Å²) in [6.45, 7) is 1.89. The number of aryl methyl sites for hydroxylation is 1. The average molecular weight is 366 g/mol. The summed E-state index contributed by atoms with van der Waals surface area (Å²) in [5, 5.41) is 4.77. The number of methoxy groups -OCH3 is 1. The first-order valence-electron chi connectivity index (χ1n) is 6.83. The highest BCUT2D eigenvalue weighted by Gasteiger charge is 2.18. The van der Waals surface area contributed by atoms with E-state index in [0.29, 0.717) is 26.4 Å². The molecular weight excluding hydrogens is 353 g/mol. The number of anilines is 1. The fraction of sp³-hybridized carbons (Fsp3) is 0.118. The molecule has 0 aliphatic heterocycles. The quantitative estimate of drug-likeness (QED) is 0.638. The zero-order valence-electron chi connectivity index (χ0n) is 12.4. The second kappa shape index (κ2) is 6.40. The Labute approximate surface area is 147 Å². The van der Waals surface area contributed by atoms with E-state index in [1.165, 1.54) is 11.3 Å². The molecule has 0 aliphatic rings. The third kappa shape index (κ3) is 3.15. The first-order chi connectivity index (χ1) is 11.0. The molecule has 2 aromatic carbocycles. The smallest absolute Gasteiger partial charge is 0.267 e. The number of hydrogen-bond donors (Lipinski definition) is 1. The molecule has 0 atom stereocenters. The van der Waals surface area contributed by atoms with Crippen LogP contribution < -0.4 is 10.1 Å². The maximum Gasteiger partial charge on any atom is 0.267 e. The zero-order chi connectivity index (χ0) is 16.6. The first-order valence-corrected chi connectivity index (χ1v) is 8.40. The van der Waals surface area contributed by atoms with Crippen molar-refractivity contribution in [2.24, 2.45) is 0 Å². The molecule has 0 radical (unpaired) electrons. The molecule has 118 valence electrons. The topological polar surface area (TPSA) is 38.3 Å². The van der Waals surface area contributed by atoms with Crippen LogP contribution in [-0.2, 0) is 0 Å². The number of fused-ring (bicyclic) bond motifs is 1. The summed E-state index contributed by atoms with van der Waals surface area (Å²) >= 11 is 13.7. The van der Waals surface area contributed by atoms with Crippen molar-refractivity contribution in [1.29, 1.82) is 0 Å². The molecule has 0 spiro atoms. The highest BCUT2D eigenvalue weighted by Crippen LogP contribution is 2.37. The van der Waals surface area contributed by atoms with Gasteiger partial charge in [0.05, 0.1) is 12.1 Å². The Kier molecular flexibility index (Phi) is 4.48. The predicted octanol–water partition coefficient (Wildman–Crippen LogP) is 5.78. The van der Waals surface area contributed by atoms with Gasteiger partial charge in [0, 0.05) is 20.8 Å². The fourth-order valence-electron chi connectivity index (χ4n) is 2.27. The molecule has 1 amide bonds. The van der Waals surface area contributed by atoms with Crippen molar-refractivity contribution < 1.29 is 9.53 Å². The van der Waals surface area contributed by atoms with Crippen molar-refractivity contribution in [3.63, 3.8) is 0 Å². The Bertz CT molecular complexity index is 905. The standard InChI is InChI=1S/C17H13Cl2NO2S/c1-9-7-10(18)3-5-13(9)20-17(21)16-15(19)12-8-11(22-2)4-6-14(12)23-16/h3-8H,1-2H3,(H,20,21). The van der Waals surface area contributed by atoms with Gasteiger partial charge in [-0.1, -0.05) is 23.2 Å². The summed E-state index contributed by atoms with van der Waals surface area (Å²) in [7, 11) is 1.60. The van der Waals surface area contributed by atoms with Crippen LogP contribution in [0.4, 0.5) is 5.69 Å². The monoisotopic (exact) mass is 365 g/mol. The Balaban J connectivity index is 1.96. The molecule has 0 unspecified atom stereocenters. The first kappa shape index (κ1) is 16.1. The number of amides is 1. The third-order valence-corrected chi connectivity index (χ3v) is 5.39. The van der Waals surface area contributed by atoms with E-state index in [1.54, 1.807) is 25.3 Å². The molecular formula is C17H13Cl2NO2S. The molecule has 0 saturated carbocycles. The molecule has 1 heterocycles. The van der Waals surface area contributed by atoms with E-state index in [0.717, 1.165) is 15.6 Å². The van der Waals surface area contributed by atoms with Gasteiger partial charge in [0.25, 0.3) is 5.91 Å². The zero-order valence-corrected chi connectivity index (χ0v) is 14.8. The van der Waals surface area contributed by atoms with E-state index in [4.69, 9.17) is 27.9 Å². The maximum atomic E-state index is 12.5. The molecule has 1 aromatic heterocycles. The number of carbonyl (C=O) groups excluding carboxylic acids is 1. The largest absolute Gasteiger partial charge is 0.497 e. The van der Waals surface area contributed by atoms with Gasteiger partial charge in [-0.3, -0.25) is 4.79 Å². The van der Waals surface area contributed by atoms with Gasteiger partial charge in [-0.2, -0.15) is 0 Å². The minimum atomic E-state index is -0.236. The summed E-state index contributed by atoms with van der Waals surface area (Å²) in [5.41, 5.74) is 1.61. The van der Waals surface area contributed by atoms with E-state index in [-0.39, 0.29) is 5.91 Å². The summed E-state index contributed by atoms with van der Waals surface area (Å²) < 4.78 is 6.14. The van der Waals surface area contributed by atoms with Crippen LogP contribution in [0.1, 0.15) is 15.2 Å². The van der Waals surface area contributed by atoms with Crippen molar-refractivity contribution in [2.75, 3.05) is 12.4 Å². The van der Waals surface area contributed by atoms with Gasteiger partial charge in [0.2, 0.25) is 0 Å². The lowest BCUT2D eigenvalue weighted by atomic mass is 10.2. The molecule has 23 heavy (non-hydrogen) atoms. The Morgan fingerprint density at radius 2 is 1.96 bits per heavy atom. The minimum Gasteiger partial charge on any atom is -0.497 e. The number of hydrogen-bond acceptors (Lipinski definition) is 3. The third-order valence-electron chi connectivity index (χ3n) is 3.48. The van der Waals surface area contributed by atoms with E-state index >= 15 is 0 Å². The molecule has 0 aliphatic carbocycles. The maximum absolute atomic E-state index is 12.5. The number of carbonyl (C=O) groups is 1. The lowest BCUT2D eigenvalue weighted by Gasteiger charge is -2.07. The van der Waals surface area contributed by atoms with Crippen molar-refractivity contribution in [3.05, 3.63) is 56.9 Å². The van der Waals surface area contributed by atoms with E-state index in [1.807, 2.05) is 25.1 Å². The molecule has 0 fully saturated rings. The van der Waals surface area contributed by atoms with Crippen molar-refractivity contribution >= 4 is 56.2 Å². The molecule has 3 aromatic rings. The number of benzene rings is 2. The molecule has 3 rings (SSSR count). The molecule has 3 nitrogen and oxygen atoms in total. The number of nitrogens with one attached hydrogen (secondary N) is 1. The van der Waals surface area contributed by atoms with Crippen LogP contribution in [0.15, 0.2) is 36.4 Å². The lowest BCUT2D eigenvalue weighted by molar-refractivity contribution is 0.103. The van der Waals surface area contributed by atoms with Crippen LogP contribution in [0.3, 0.4) is 0 Å². The van der Waals surface area contributed by atoms with Crippen molar-refractivity contribution in [1.82, 2.24) is 0 Å². The fourth-order valence-corrected chi connectivity index (χ4v) is 3.88. The van der Waals surface area contributed by atoms with Crippen LogP contribution in [0.25, 0.3) is 10.1 Å². The summed E-state index contributed by atoms with van der Waals surface area (Å²) in [6.07, 6.45) is 0. The Morgan fingerprint density at radius 1 is 1.17 bits per heavy atom. The SMILES string of the molecule is COc1ccc2sc(C(=O)Nc3ccc(Cl)cc3C)c(Cl)c2c1. The second-order valence-electron chi connectivity index (χ2n) is 5.02. The van der Waals surface area contributed by atoms with Gasteiger partial charge < -0.3 is 10.1 Å².